The molecule has 0 radical (unpaired) electrons. The fourth-order valence-corrected chi connectivity index (χ4v) is 10.9. The summed E-state index contributed by atoms with van der Waals surface area (Å²) in [6.07, 6.45) is -1.34. The molecule has 16 heteroatoms. The minimum atomic E-state index is -3.13. The van der Waals surface area contributed by atoms with E-state index in [4.69, 9.17) is 28.7 Å². The number of fused-ring (bicyclic) bond motifs is 1. The summed E-state index contributed by atoms with van der Waals surface area (Å²) in [4.78, 5) is 55.4. The van der Waals surface area contributed by atoms with Gasteiger partial charge in [-0.3, -0.25) is 9.79 Å². The molecule has 2 bridgehead atoms. The molecular formula is C44H64FN5O9S. The number of esters is 1. The highest BCUT2D eigenvalue weighted by atomic mass is 32.1. The average molecular weight is 858 g/mol. The number of methoxy groups -OCH3 is 1. The van der Waals surface area contributed by atoms with Gasteiger partial charge in [-0.25, -0.2) is 24.0 Å². The normalized spacial score (nSPS) is 38.3. The van der Waals surface area contributed by atoms with E-state index in [1.54, 1.807) is 37.1 Å². The summed E-state index contributed by atoms with van der Waals surface area (Å²) < 4.78 is 48.3. The highest BCUT2D eigenvalue weighted by Crippen LogP contribution is 2.45. The lowest BCUT2D eigenvalue weighted by Gasteiger charge is -2.47. The van der Waals surface area contributed by atoms with Crippen LogP contribution in [0.2, 0.25) is 0 Å². The van der Waals surface area contributed by atoms with Gasteiger partial charge in [0.15, 0.2) is 17.7 Å². The number of aryl methyl sites for hydroxylation is 1. The van der Waals surface area contributed by atoms with Crippen molar-refractivity contribution in [3.63, 3.8) is 0 Å². The first kappa shape index (κ1) is 46.1. The lowest BCUT2D eigenvalue weighted by Crippen LogP contribution is -2.62. The van der Waals surface area contributed by atoms with Gasteiger partial charge in [-0.15, -0.1) is 11.3 Å². The Morgan fingerprint density at radius 2 is 1.77 bits per heavy atom. The van der Waals surface area contributed by atoms with E-state index in [0.717, 1.165) is 28.1 Å². The number of benzene rings is 1. The lowest BCUT2D eigenvalue weighted by molar-refractivity contribution is -0.295. The minimum absolute atomic E-state index is 0.146. The summed E-state index contributed by atoms with van der Waals surface area (Å²) in [5.74, 6) is -4.53. The van der Waals surface area contributed by atoms with E-state index in [-0.39, 0.29) is 37.6 Å². The summed E-state index contributed by atoms with van der Waals surface area (Å²) in [5.41, 5.74) is -4.07. The highest BCUT2D eigenvalue weighted by molar-refractivity contribution is 7.15. The third-order valence-corrected chi connectivity index (χ3v) is 14.3. The largest absolute Gasteiger partial charge is 0.455 e. The number of aromatic nitrogens is 1. The number of alkyl halides is 1. The molecule has 1 unspecified atom stereocenters. The Morgan fingerprint density at radius 1 is 1.07 bits per heavy atom. The smallest absolute Gasteiger partial charge is 0.425 e. The molecule has 60 heavy (non-hydrogen) atoms. The number of amides is 1. The number of Topliss-reactive ketones (excluding diaryl/α,β-unsaturated/α-hetero) is 1. The van der Waals surface area contributed by atoms with Gasteiger partial charge in [-0.05, 0) is 79.8 Å². The molecule has 1 amide bonds. The number of aliphatic imine (C=N–C) groups is 1. The predicted octanol–water partition coefficient (Wildman–Crippen LogP) is 6.10. The number of hydrogen-bond donors (Lipinski definition) is 1. The molecule has 0 spiro atoms. The fraction of sp³-hybridized carbons (Fsp3) is 0.705. The molecule has 0 saturated carbocycles. The number of carbonyl (C=O) groups is 3. The average Bonchev–Trinajstić information content (AvgIpc) is 3.75. The molecule has 4 aliphatic heterocycles. The van der Waals surface area contributed by atoms with Crippen LogP contribution in [0.4, 0.5) is 9.18 Å². The number of thiazole rings is 1. The first-order valence-corrected chi connectivity index (χ1v) is 22.0. The first-order valence-electron chi connectivity index (χ1n) is 21.2. The summed E-state index contributed by atoms with van der Waals surface area (Å²) in [7, 11) is 5.21. The van der Waals surface area contributed by atoms with Crippen molar-refractivity contribution in [2.75, 3.05) is 34.4 Å². The number of likely N-dealkylation sites (N-methyl/N-ethyl adjacent to an activating group) is 1. The Kier molecular flexibility index (Phi) is 14.0. The zero-order valence-electron chi connectivity index (χ0n) is 36.9. The molecule has 0 aliphatic carbocycles. The number of hydrogen-bond acceptors (Lipinski definition) is 14. The van der Waals surface area contributed by atoms with Crippen LogP contribution in [0.25, 0.3) is 10.6 Å². The van der Waals surface area contributed by atoms with Crippen molar-refractivity contribution in [2.24, 2.45) is 22.7 Å². The van der Waals surface area contributed by atoms with Crippen molar-refractivity contribution in [3.05, 3.63) is 41.4 Å². The molecule has 13 atom stereocenters. The number of ketones is 1. The van der Waals surface area contributed by atoms with Crippen molar-refractivity contribution in [3.8, 4) is 10.6 Å². The number of rotatable bonds is 10. The molecule has 6 rings (SSSR count). The predicted molar refractivity (Wildman–Crippen MR) is 225 cm³/mol. The molecule has 1 aromatic carbocycles. The Bertz CT molecular complexity index is 1880. The number of halogens is 1. The van der Waals surface area contributed by atoms with Crippen molar-refractivity contribution >= 4 is 34.9 Å². The summed E-state index contributed by atoms with van der Waals surface area (Å²) in [5, 5.41) is 15.9. The molecule has 14 nitrogen and oxygen atoms in total. The highest BCUT2D eigenvalue weighted by Gasteiger charge is 2.63. The van der Waals surface area contributed by atoms with Crippen LogP contribution < -0.4 is 0 Å². The van der Waals surface area contributed by atoms with Crippen LogP contribution in [-0.2, 0) is 39.7 Å². The maximum Gasteiger partial charge on any atom is 0.425 e. The van der Waals surface area contributed by atoms with Crippen LogP contribution in [0.1, 0.15) is 86.0 Å². The van der Waals surface area contributed by atoms with Crippen LogP contribution in [0.5, 0.6) is 0 Å². The number of aliphatic hydroxyl groups excluding tert-OH is 1. The minimum Gasteiger partial charge on any atom is -0.455 e. The van der Waals surface area contributed by atoms with Gasteiger partial charge in [-0.1, -0.05) is 58.0 Å². The molecule has 4 aliphatic rings. The van der Waals surface area contributed by atoms with Gasteiger partial charge in [0.2, 0.25) is 0 Å². The van der Waals surface area contributed by atoms with E-state index >= 15 is 4.39 Å². The zero-order chi connectivity index (χ0) is 43.9. The first-order chi connectivity index (χ1) is 28.3. The maximum absolute atomic E-state index is 17.0. The van der Waals surface area contributed by atoms with Gasteiger partial charge < -0.3 is 33.7 Å². The van der Waals surface area contributed by atoms with Gasteiger partial charge in [0, 0.05) is 53.9 Å². The summed E-state index contributed by atoms with van der Waals surface area (Å²) >= 11 is 1.63. The van der Waals surface area contributed by atoms with Crippen molar-refractivity contribution in [2.45, 2.75) is 147 Å². The third-order valence-electron chi connectivity index (χ3n) is 13.2. The number of cyclic esters (lactones) is 1. The topological polar surface area (TPSA) is 153 Å². The van der Waals surface area contributed by atoms with Crippen molar-refractivity contribution < 1.29 is 47.6 Å². The summed E-state index contributed by atoms with van der Waals surface area (Å²) in [6, 6.07) is 8.96. The molecule has 3 saturated heterocycles. The molecule has 5 heterocycles. The zero-order valence-corrected chi connectivity index (χ0v) is 37.7. The molecule has 1 N–H and O–H groups in total. The van der Waals surface area contributed by atoms with E-state index in [1.807, 2.05) is 81.3 Å². The van der Waals surface area contributed by atoms with Gasteiger partial charge >= 0.3 is 12.1 Å². The Hall–Kier alpha value is -3.38. The molecule has 3 fully saturated rings. The molecule has 1 aromatic heterocycles. The van der Waals surface area contributed by atoms with E-state index < -0.39 is 77.2 Å². The standard InChI is InChI=1S/C44H64FN5O9S/c1-12-32-44(8)35-27(4)33(47-24-49(50(35)41(54)59-44)20-16-19-30-23-46-38(60-30)29-17-14-13-15-18-29)25(2)22-42(6,55-11)37(28(5)36(52)43(7,45)40(53)57-32)58-39-34(51)31(48(9)10)21-26(3)56-39/h13-15,17-18,23,25-28,31-32,34-35,37,39,51H,12,16,19-22,24H2,1-11H3/t25-,26-,27-,28+,31+,32+,34-,35-,37-,39+,42+,43?,44-/m1/s1. The van der Waals surface area contributed by atoms with Gasteiger partial charge in [0.05, 0.1) is 17.8 Å². The van der Waals surface area contributed by atoms with E-state index in [2.05, 4.69) is 4.98 Å². The van der Waals surface area contributed by atoms with Crippen LogP contribution in [0.15, 0.2) is 41.5 Å². The van der Waals surface area contributed by atoms with Crippen molar-refractivity contribution in [1.82, 2.24) is 19.9 Å². The molecule has 332 valence electrons. The third kappa shape index (κ3) is 8.80. The maximum atomic E-state index is 17.0. The van der Waals surface area contributed by atoms with Crippen LogP contribution >= 0.6 is 11.3 Å². The van der Waals surface area contributed by atoms with Crippen LogP contribution in [-0.4, -0.2) is 143 Å². The number of aliphatic hydroxyl groups is 1. The quantitative estimate of drug-likeness (QED) is 0.217. The summed E-state index contributed by atoms with van der Waals surface area (Å²) in [6.45, 7) is 14.1. The number of hydrazine groups is 1. The van der Waals surface area contributed by atoms with Gasteiger partial charge in [-0.2, -0.15) is 5.01 Å². The Morgan fingerprint density at radius 3 is 2.42 bits per heavy atom. The number of carbonyl (C=O) groups excluding carboxylic acids is 3. The van der Waals surface area contributed by atoms with Crippen molar-refractivity contribution in [1.29, 1.82) is 0 Å². The second kappa shape index (κ2) is 18.1. The van der Waals surface area contributed by atoms with E-state index in [1.165, 1.54) is 14.0 Å². The second-order valence-electron chi connectivity index (χ2n) is 17.9. The number of nitrogens with zero attached hydrogens (tertiary/aromatic N) is 5. The van der Waals surface area contributed by atoms with E-state index in [0.29, 0.717) is 25.8 Å². The Balaban J connectivity index is 1.37. The van der Waals surface area contributed by atoms with Gasteiger partial charge in [0.1, 0.15) is 29.9 Å². The fourth-order valence-electron chi connectivity index (χ4n) is 9.93. The van der Waals surface area contributed by atoms with Crippen LogP contribution in [0, 0.1) is 17.8 Å². The van der Waals surface area contributed by atoms with Crippen LogP contribution in [0.3, 0.4) is 0 Å². The lowest BCUT2D eigenvalue weighted by atomic mass is 9.73. The van der Waals surface area contributed by atoms with Gasteiger partial charge in [0.25, 0.3) is 5.67 Å². The monoisotopic (exact) mass is 857 g/mol. The molecule has 2 aromatic rings. The Labute approximate surface area is 357 Å². The number of ether oxygens (including phenoxy) is 5. The molecular weight excluding hydrogens is 794 g/mol. The van der Waals surface area contributed by atoms with E-state index in [9.17, 15) is 19.5 Å². The SMILES string of the molecule is CC[C@@H]1OC(=O)C(C)(F)C(=O)[C@H](C)[C@@H](O[C@@H]2O[C@H](C)C[C@H](N(C)C)[C@H]2O)[C@@](C)(OC)C[C@@H](C)C2=NCN(CCCc3cnc(-c4ccccc4)s3)N3C(=O)O[C@@]1(C)[C@H]3[C@@H]2C. The second-order valence-corrected chi connectivity index (χ2v) is 19.0.